The van der Waals surface area contributed by atoms with Gasteiger partial charge in [0.05, 0.1) is 24.4 Å². The Labute approximate surface area is 112 Å². The number of hydrogen-bond acceptors (Lipinski definition) is 5. The number of piperidine rings is 1. The fourth-order valence-electron chi connectivity index (χ4n) is 2.84. The van der Waals surface area contributed by atoms with Crippen LogP contribution in [0.2, 0.25) is 0 Å². The first-order valence-electron chi connectivity index (χ1n) is 6.69. The van der Waals surface area contributed by atoms with Crippen LogP contribution in [-0.4, -0.2) is 47.2 Å². The first-order valence-corrected chi connectivity index (χ1v) is 6.69. The predicted molar refractivity (Wildman–Crippen MR) is 68.7 cm³/mol. The van der Waals surface area contributed by atoms with Crippen molar-refractivity contribution >= 4 is 5.91 Å². The van der Waals surface area contributed by atoms with E-state index in [1.54, 1.807) is 6.20 Å². The van der Waals surface area contributed by atoms with Gasteiger partial charge in [-0.05, 0) is 32.4 Å². The highest BCUT2D eigenvalue weighted by Gasteiger charge is 2.41. The Hall–Kier alpha value is -1.53. The Morgan fingerprint density at radius 1 is 1.42 bits per heavy atom. The smallest absolute Gasteiger partial charge is 0.271 e. The zero-order chi connectivity index (χ0) is 13.1. The van der Waals surface area contributed by atoms with Gasteiger partial charge in [0, 0.05) is 12.4 Å². The summed E-state index contributed by atoms with van der Waals surface area (Å²) in [7, 11) is 0. The van der Waals surface area contributed by atoms with Crippen LogP contribution >= 0.6 is 0 Å². The van der Waals surface area contributed by atoms with E-state index in [0.29, 0.717) is 12.3 Å². The van der Waals surface area contributed by atoms with Crippen LogP contribution in [0, 0.1) is 0 Å². The molecule has 1 amide bonds. The summed E-state index contributed by atoms with van der Waals surface area (Å²) in [6.45, 7) is 2.57. The van der Waals surface area contributed by atoms with Crippen LogP contribution in [0.15, 0.2) is 18.6 Å². The summed E-state index contributed by atoms with van der Waals surface area (Å²) >= 11 is 0. The monoisotopic (exact) mass is 262 g/mol. The lowest BCUT2D eigenvalue weighted by atomic mass is 9.88. The van der Waals surface area contributed by atoms with Crippen molar-refractivity contribution in [1.29, 1.82) is 0 Å². The Kier molecular flexibility index (Phi) is 3.44. The van der Waals surface area contributed by atoms with Crippen molar-refractivity contribution < 1.29 is 9.53 Å². The molecule has 6 heteroatoms. The number of rotatable bonds is 2. The number of carbonyl (C=O) groups excluding carboxylic acids is 1. The summed E-state index contributed by atoms with van der Waals surface area (Å²) in [5.74, 6) is -0.173. The predicted octanol–water partition coefficient (Wildman–Crippen LogP) is 0.117. The van der Waals surface area contributed by atoms with Gasteiger partial charge in [-0.2, -0.15) is 0 Å². The Morgan fingerprint density at radius 3 is 3.00 bits per heavy atom. The Balaban J connectivity index is 1.58. The molecule has 2 N–H and O–H groups in total. The second-order valence-electron chi connectivity index (χ2n) is 5.21. The van der Waals surface area contributed by atoms with E-state index in [4.69, 9.17) is 4.74 Å². The average Bonchev–Trinajstić information content (AvgIpc) is 2.83. The van der Waals surface area contributed by atoms with Crippen LogP contribution in [0.4, 0.5) is 0 Å². The van der Waals surface area contributed by atoms with Crippen LogP contribution < -0.4 is 10.6 Å². The second-order valence-corrected chi connectivity index (χ2v) is 5.21. The van der Waals surface area contributed by atoms with Crippen molar-refractivity contribution in [2.75, 3.05) is 19.7 Å². The number of nitrogens with one attached hydrogen (secondary N) is 2. The van der Waals surface area contributed by atoms with E-state index in [1.165, 1.54) is 12.4 Å². The van der Waals surface area contributed by atoms with Gasteiger partial charge in [0.15, 0.2) is 0 Å². The van der Waals surface area contributed by atoms with Gasteiger partial charge in [-0.1, -0.05) is 0 Å². The number of nitrogens with zero attached hydrogens (tertiary/aromatic N) is 2. The largest absolute Gasteiger partial charge is 0.373 e. The molecule has 1 aromatic heterocycles. The molecule has 1 spiro atoms. The summed E-state index contributed by atoms with van der Waals surface area (Å²) < 4.78 is 5.94. The lowest BCUT2D eigenvalue weighted by molar-refractivity contribution is -0.0194. The maximum Gasteiger partial charge on any atom is 0.271 e. The van der Waals surface area contributed by atoms with Crippen molar-refractivity contribution in [3.05, 3.63) is 24.3 Å². The summed E-state index contributed by atoms with van der Waals surface area (Å²) in [5.41, 5.74) is 0.319. The van der Waals surface area contributed by atoms with E-state index < -0.39 is 0 Å². The van der Waals surface area contributed by atoms with Crippen molar-refractivity contribution in [3.63, 3.8) is 0 Å². The van der Waals surface area contributed by atoms with Gasteiger partial charge >= 0.3 is 0 Å². The highest BCUT2D eigenvalue weighted by molar-refractivity contribution is 5.92. The van der Waals surface area contributed by atoms with Crippen molar-refractivity contribution in [1.82, 2.24) is 20.6 Å². The minimum absolute atomic E-state index is 0.0361. The number of carbonyl (C=O) groups is 1. The highest BCUT2D eigenvalue weighted by Crippen LogP contribution is 2.33. The third-order valence-electron chi connectivity index (χ3n) is 3.85. The molecular formula is C13H18N4O2. The lowest BCUT2D eigenvalue weighted by Crippen LogP contribution is -2.43. The van der Waals surface area contributed by atoms with Crippen molar-refractivity contribution in [3.8, 4) is 0 Å². The minimum Gasteiger partial charge on any atom is -0.373 e. The molecule has 2 saturated heterocycles. The summed E-state index contributed by atoms with van der Waals surface area (Å²) in [4.78, 5) is 19.9. The Morgan fingerprint density at radius 2 is 2.26 bits per heavy atom. The molecular weight excluding hydrogens is 244 g/mol. The fourth-order valence-corrected chi connectivity index (χ4v) is 2.84. The topological polar surface area (TPSA) is 76.1 Å². The number of ether oxygens (including phenoxy) is 1. The van der Waals surface area contributed by atoms with Crippen LogP contribution in [0.25, 0.3) is 0 Å². The number of amides is 1. The standard InChI is InChI=1S/C13H18N4O2/c18-12(11-8-15-5-6-16-11)17-10-7-13(19-9-10)1-3-14-4-2-13/h5-6,8,10,14H,1-4,7,9H2,(H,17,18)/t10-/m1/s1. The summed E-state index contributed by atoms with van der Waals surface area (Å²) in [6, 6.07) is 0.0765. The van der Waals surface area contributed by atoms with Gasteiger partial charge in [-0.25, -0.2) is 4.98 Å². The van der Waals surface area contributed by atoms with E-state index in [1.807, 2.05) is 0 Å². The normalized spacial score (nSPS) is 25.4. The SMILES string of the molecule is O=C(N[C@H]1COC2(CCNCC2)C1)c1cnccn1. The minimum atomic E-state index is -0.173. The van der Waals surface area contributed by atoms with Gasteiger partial charge in [0.25, 0.3) is 5.91 Å². The van der Waals surface area contributed by atoms with Crippen LogP contribution in [0.5, 0.6) is 0 Å². The Bertz CT molecular complexity index is 445. The molecule has 3 heterocycles. The molecule has 0 aromatic carbocycles. The third-order valence-corrected chi connectivity index (χ3v) is 3.85. The zero-order valence-corrected chi connectivity index (χ0v) is 10.8. The fraction of sp³-hybridized carbons (Fsp3) is 0.615. The van der Waals surface area contributed by atoms with Gasteiger partial charge in [-0.3, -0.25) is 9.78 Å². The molecule has 0 unspecified atom stereocenters. The zero-order valence-electron chi connectivity index (χ0n) is 10.8. The first-order chi connectivity index (χ1) is 9.27. The molecule has 2 aliphatic heterocycles. The molecule has 6 nitrogen and oxygen atoms in total. The maximum absolute atomic E-state index is 12.0. The maximum atomic E-state index is 12.0. The van der Waals surface area contributed by atoms with E-state index >= 15 is 0 Å². The van der Waals surface area contributed by atoms with Crippen molar-refractivity contribution in [2.24, 2.45) is 0 Å². The quantitative estimate of drug-likeness (QED) is 0.791. The molecule has 0 aliphatic carbocycles. The van der Waals surface area contributed by atoms with Gasteiger partial charge < -0.3 is 15.4 Å². The average molecular weight is 262 g/mol. The van der Waals surface area contributed by atoms with Crippen LogP contribution in [-0.2, 0) is 4.74 Å². The van der Waals surface area contributed by atoms with Gasteiger partial charge in [-0.15, -0.1) is 0 Å². The second kappa shape index (κ2) is 5.22. The van der Waals surface area contributed by atoms with Gasteiger partial charge in [0.2, 0.25) is 0 Å². The van der Waals surface area contributed by atoms with Crippen LogP contribution in [0.3, 0.4) is 0 Å². The van der Waals surface area contributed by atoms with Gasteiger partial charge in [0.1, 0.15) is 5.69 Å². The van der Waals surface area contributed by atoms with E-state index in [9.17, 15) is 4.79 Å². The molecule has 0 saturated carbocycles. The molecule has 1 aromatic rings. The molecule has 102 valence electrons. The number of hydrogen-bond donors (Lipinski definition) is 2. The highest BCUT2D eigenvalue weighted by atomic mass is 16.5. The molecule has 1 atom stereocenters. The van der Waals surface area contributed by atoms with E-state index in [0.717, 1.165) is 32.4 Å². The molecule has 0 radical (unpaired) electrons. The summed E-state index contributed by atoms with van der Waals surface area (Å²) in [5, 5.41) is 6.31. The summed E-state index contributed by atoms with van der Waals surface area (Å²) in [6.07, 6.45) is 7.48. The number of aromatic nitrogens is 2. The van der Waals surface area contributed by atoms with Crippen LogP contribution in [0.1, 0.15) is 29.8 Å². The first kappa shape index (κ1) is 12.5. The van der Waals surface area contributed by atoms with Crippen molar-refractivity contribution in [2.45, 2.75) is 30.9 Å². The third kappa shape index (κ3) is 2.74. The molecule has 3 rings (SSSR count). The molecule has 2 aliphatic rings. The van der Waals surface area contributed by atoms with E-state index in [2.05, 4.69) is 20.6 Å². The lowest BCUT2D eigenvalue weighted by Gasteiger charge is -2.32. The van der Waals surface area contributed by atoms with E-state index in [-0.39, 0.29) is 17.6 Å². The molecule has 2 fully saturated rings. The molecule has 19 heavy (non-hydrogen) atoms. The molecule has 0 bridgehead atoms.